The number of rotatable bonds is 5. The number of aromatic nitrogens is 2. The Morgan fingerprint density at radius 3 is 2.42 bits per heavy atom. The predicted molar refractivity (Wildman–Crippen MR) is 81.0 cm³/mol. The Balaban J connectivity index is 2.11. The van der Waals surface area contributed by atoms with Crippen LogP contribution in [0.3, 0.4) is 0 Å². The zero-order valence-electron chi connectivity index (χ0n) is 11.2. The zero-order valence-corrected chi connectivity index (χ0v) is 12.7. The van der Waals surface area contributed by atoms with E-state index in [0.29, 0.717) is 11.8 Å². The van der Waals surface area contributed by atoms with Gasteiger partial charge in [0, 0.05) is 18.5 Å². The maximum absolute atomic E-state index is 6.28. The molecule has 0 aliphatic heterocycles. The van der Waals surface area contributed by atoms with E-state index in [1.54, 1.807) is 4.68 Å². The lowest BCUT2D eigenvalue weighted by atomic mass is 9.94. The largest absolute Gasteiger partial charge is 0.257 e. The Kier molecular flexibility index (Phi) is 4.89. The molecule has 0 fully saturated rings. The summed E-state index contributed by atoms with van der Waals surface area (Å²) in [5.41, 5.74) is 3.42. The highest BCUT2D eigenvalue weighted by molar-refractivity contribution is 6.30. The van der Waals surface area contributed by atoms with Gasteiger partial charge in [-0.05, 0) is 31.2 Å². The van der Waals surface area contributed by atoms with Crippen molar-refractivity contribution in [2.75, 3.05) is 5.88 Å². The molecule has 0 amide bonds. The summed E-state index contributed by atoms with van der Waals surface area (Å²) in [5.74, 6) is 1.00. The van der Waals surface area contributed by atoms with Crippen molar-refractivity contribution in [2.45, 2.75) is 19.8 Å². The summed E-state index contributed by atoms with van der Waals surface area (Å²) in [7, 11) is 1.87. The lowest BCUT2D eigenvalue weighted by molar-refractivity contribution is 0.582. The van der Waals surface area contributed by atoms with Crippen LogP contribution in [0.15, 0.2) is 30.3 Å². The topological polar surface area (TPSA) is 17.8 Å². The van der Waals surface area contributed by atoms with Crippen LogP contribution in [0.2, 0.25) is 5.15 Å². The van der Waals surface area contributed by atoms with E-state index in [0.717, 1.165) is 29.3 Å². The molecule has 1 aromatic heterocycles. The predicted octanol–water partition coefficient (Wildman–Crippen LogP) is 4.02. The molecule has 0 bridgehead atoms. The molecule has 0 N–H and O–H groups in total. The van der Waals surface area contributed by atoms with Crippen LogP contribution in [0, 0.1) is 12.8 Å². The molecule has 0 spiro atoms. The molecule has 0 saturated carbocycles. The first-order valence-electron chi connectivity index (χ1n) is 6.39. The third kappa shape index (κ3) is 3.52. The summed E-state index contributed by atoms with van der Waals surface area (Å²) >= 11 is 12.4. The molecule has 2 nitrogen and oxygen atoms in total. The summed E-state index contributed by atoms with van der Waals surface area (Å²) in [6.07, 6.45) is 1.84. The number of halogens is 2. The Morgan fingerprint density at radius 2 is 1.89 bits per heavy atom. The van der Waals surface area contributed by atoms with Gasteiger partial charge < -0.3 is 0 Å². The zero-order chi connectivity index (χ0) is 13.8. The molecular weight excluding hydrogens is 279 g/mol. The molecule has 4 heteroatoms. The third-order valence-electron chi connectivity index (χ3n) is 3.35. The van der Waals surface area contributed by atoms with E-state index < -0.39 is 0 Å². The highest BCUT2D eigenvalue weighted by Gasteiger charge is 2.17. The van der Waals surface area contributed by atoms with Crippen molar-refractivity contribution >= 4 is 23.2 Å². The maximum atomic E-state index is 6.28. The van der Waals surface area contributed by atoms with Crippen LogP contribution in [-0.4, -0.2) is 15.7 Å². The number of hydrogen-bond acceptors (Lipinski definition) is 1. The third-order valence-corrected chi connectivity index (χ3v) is 4.26. The molecule has 1 unspecified atom stereocenters. The van der Waals surface area contributed by atoms with Crippen molar-refractivity contribution in [3.63, 3.8) is 0 Å². The van der Waals surface area contributed by atoms with Crippen LogP contribution < -0.4 is 0 Å². The van der Waals surface area contributed by atoms with Crippen LogP contribution in [0.4, 0.5) is 0 Å². The van der Waals surface area contributed by atoms with Gasteiger partial charge in [0.1, 0.15) is 5.15 Å². The quantitative estimate of drug-likeness (QED) is 0.762. The number of aryl methyl sites for hydroxylation is 2. The number of benzene rings is 1. The van der Waals surface area contributed by atoms with E-state index in [9.17, 15) is 0 Å². The minimum atomic E-state index is 0.379. The molecule has 2 aromatic rings. The Hall–Kier alpha value is -0.990. The monoisotopic (exact) mass is 296 g/mol. The Labute approximate surface area is 124 Å². The van der Waals surface area contributed by atoms with Gasteiger partial charge in [-0.2, -0.15) is 5.10 Å². The summed E-state index contributed by atoms with van der Waals surface area (Å²) in [6, 6.07) is 10.4. The Morgan fingerprint density at radius 1 is 1.21 bits per heavy atom. The first-order chi connectivity index (χ1) is 9.11. The molecular formula is C15H18Cl2N2. The highest BCUT2D eigenvalue weighted by atomic mass is 35.5. The molecule has 0 aliphatic carbocycles. The van der Waals surface area contributed by atoms with Crippen LogP contribution >= 0.6 is 23.2 Å². The summed E-state index contributed by atoms with van der Waals surface area (Å²) in [4.78, 5) is 0. The normalized spacial score (nSPS) is 12.6. The van der Waals surface area contributed by atoms with Crippen molar-refractivity contribution < 1.29 is 0 Å². The second-order valence-corrected chi connectivity index (χ2v) is 5.56. The van der Waals surface area contributed by atoms with Gasteiger partial charge >= 0.3 is 0 Å². The van der Waals surface area contributed by atoms with Gasteiger partial charge in [0.25, 0.3) is 0 Å². The molecule has 0 saturated heterocycles. The molecule has 0 radical (unpaired) electrons. The lowest BCUT2D eigenvalue weighted by Gasteiger charge is -2.14. The average Bonchev–Trinajstić information content (AvgIpc) is 2.65. The molecule has 2 rings (SSSR count). The van der Waals surface area contributed by atoms with E-state index in [-0.39, 0.29) is 0 Å². The van der Waals surface area contributed by atoms with E-state index in [2.05, 4.69) is 29.4 Å². The summed E-state index contributed by atoms with van der Waals surface area (Å²) < 4.78 is 1.72. The number of hydrogen-bond donors (Lipinski definition) is 0. The fraction of sp³-hybridized carbons (Fsp3) is 0.400. The van der Waals surface area contributed by atoms with Crippen LogP contribution in [0.5, 0.6) is 0 Å². The number of alkyl halides is 1. The molecule has 102 valence electrons. The minimum Gasteiger partial charge on any atom is -0.257 e. The molecule has 0 aliphatic rings. The van der Waals surface area contributed by atoms with Gasteiger partial charge in [0.05, 0.1) is 5.69 Å². The standard InChI is InChI=1S/C15H18Cl2N2/c1-11-14(15(17)19(2)18-11)9-13(10-16)8-12-6-4-3-5-7-12/h3-7,13H,8-10H2,1-2H3. The first-order valence-corrected chi connectivity index (χ1v) is 7.31. The summed E-state index contributed by atoms with van der Waals surface area (Å²) in [5, 5.41) is 5.07. The van der Waals surface area contributed by atoms with Gasteiger partial charge in [0.15, 0.2) is 0 Å². The van der Waals surface area contributed by atoms with Crippen molar-refractivity contribution in [3.05, 3.63) is 52.3 Å². The van der Waals surface area contributed by atoms with Crippen LogP contribution in [-0.2, 0) is 19.9 Å². The van der Waals surface area contributed by atoms with Crippen molar-refractivity contribution in [2.24, 2.45) is 13.0 Å². The van der Waals surface area contributed by atoms with Gasteiger partial charge in [-0.1, -0.05) is 41.9 Å². The first kappa shape index (κ1) is 14.4. The second-order valence-electron chi connectivity index (χ2n) is 4.89. The highest BCUT2D eigenvalue weighted by Crippen LogP contribution is 2.24. The van der Waals surface area contributed by atoms with Gasteiger partial charge in [-0.15, -0.1) is 11.6 Å². The summed E-state index contributed by atoms with van der Waals surface area (Å²) in [6.45, 7) is 2.00. The molecule has 1 aromatic carbocycles. The van der Waals surface area contributed by atoms with E-state index in [4.69, 9.17) is 23.2 Å². The number of nitrogens with zero attached hydrogens (tertiary/aromatic N) is 2. The molecule has 1 heterocycles. The van der Waals surface area contributed by atoms with E-state index in [1.807, 2.05) is 20.0 Å². The van der Waals surface area contributed by atoms with Gasteiger partial charge in [-0.25, -0.2) is 0 Å². The SMILES string of the molecule is Cc1nn(C)c(Cl)c1CC(CCl)Cc1ccccc1. The Bertz CT molecular complexity index is 535. The minimum absolute atomic E-state index is 0.379. The second kappa shape index (κ2) is 6.44. The maximum Gasteiger partial charge on any atom is 0.130 e. The van der Waals surface area contributed by atoms with E-state index in [1.165, 1.54) is 5.56 Å². The fourth-order valence-corrected chi connectivity index (χ4v) is 2.79. The average molecular weight is 297 g/mol. The van der Waals surface area contributed by atoms with Crippen LogP contribution in [0.25, 0.3) is 0 Å². The van der Waals surface area contributed by atoms with Crippen molar-refractivity contribution in [1.29, 1.82) is 0 Å². The molecule has 19 heavy (non-hydrogen) atoms. The van der Waals surface area contributed by atoms with Crippen LogP contribution in [0.1, 0.15) is 16.8 Å². The van der Waals surface area contributed by atoms with Crippen molar-refractivity contribution in [3.8, 4) is 0 Å². The molecule has 1 atom stereocenters. The lowest BCUT2D eigenvalue weighted by Crippen LogP contribution is -2.10. The smallest absolute Gasteiger partial charge is 0.130 e. The fourth-order valence-electron chi connectivity index (χ4n) is 2.32. The van der Waals surface area contributed by atoms with Gasteiger partial charge in [-0.3, -0.25) is 4.68 Å². The van der Waals surface area contributed by atoms with E-state index >= 15 is 0 Å². The van der Waals surface area contributed by atoms with Crippen molar-refractivity contribution in [1.82, 2.24) is 9.78 Å². The van der Waals surface area contributed by atoms with Gasteiger partial charge in [0.2, 0.25) is 0 Å².